The van der Waals surface area contributed by atoms with Gasteiger partial charge in [0.05, 0.1) is 12.8 Å². The highest BCUT2D eigenvalue weighted by Crippen LogP contribution is 2.27. The lowest BCUT2D eigenvalue weighted by molar-refractivity contribution is 0.102. The first-order valence-corrected chi connectivity index (χ1v) is 5.70. The van der Waals surface area contributed by atoms with Crippen molar-refractivity contribution in [3.8, 4) is 5.75 Å². The Hall–Kier alpha value is -2.69. The van der Waals surface area contributed by atoms with Gasteiger partial charge in [-0.2, -0.15) is 0 Å². The molecule has 0 aromatic heterocycles. The Labute approximate surface area is 111 Å². The number of nitrogens with two attached hydrogens (primary N) is 2. The summed E-state index contributed by atoms with van der Waals surface area (Å²) in [6.45, 7) is 0. The number of hydrogen-bond acceptors (Lipinski definition) is 4. The van der Waals surface area contributed by atoms with E-state index in [4.69, 9.17) is 16.2 Å². The molecule has 0 aliphatic heterocycles. The van der Waals surface area contributed by atoms with Crippen LogP contribution in [0.2, 0.25) is 0 Å². The van der Waals surface area contributed by atoms with Crippen molar-refractivity contribution in [2.45, 2.75) is 0 Å². The number of amides is 1. The molecule has 2 rings (SSSR count). The third-order valence-electron chi connectivity index (χ3n) is 2.65. The van der Waals surface area contributed by atoms with Gasteiger partial charge in [0.1, 0.15) is 5.75 Å². The van der Waals surface area contributed by atoms with Crippen molar-refractivity contribution in [2.24, 2.45) is 0 Å². The van der Waals surface area contributed by atoms with Crippen LogP contribution in [0.5, 0.6) is 5.75 Å². The van der Waals surface area contributed by atoms with E-state index in [9.17, 15) is 4.79 Å². The van der Waals surface area contributed by atoms with Crippen LogP contribution >= 0.6 is 0 Å². The average molecular weight is 257 g/mol. The van der Waals surface area contributed by atoms with Crippen LogP contribution in [0.4, 0.5) is 17.1 Å². The summed E-state index contributed by atoms with van der Waals surface area (Å²) in [5.74, 6) is 0.284. The number of ether oxygens (including phenoxy) is 1. The topological polar surface area (TPSA) is 90.4 Å². The van der Waals surface area contributed by atoms with E-state index in [1.54, 1.807) is 42.5 Å². The minimum absolute atomic E-state index is 0.233. The van der Waals surface area contributed by atoms with Crippen LogP contribution in [0.3, 0.4) is 0 Å². The molecule has 0 saturated carbocycles. The number of benzene rings is 2. The molecule has 0 heterocycles. The molecule has 0 saturated heterocycles. The first-order valence-electron chi connectivity index (χ1n) is 5.70. The third-order valence-corrected chi connectivity index (χ3v) is 2.65. The van der Waals surface area contributed by atoms with E-state index >= 15 is 0 Å². The second-order valence-corrected chi connectivity index (χ2v) is 4.04. The minimum Gasteiger partial charge on any atom is -0.494 e. The van der Waals surface area contributed by atoms with Crippen LogP contribution in [0.25, 0.3) is 0 Å². The Morgan fingerprint density at radius 2 is 1.68 bits per heavy atom. The fraction of sp³-hybridized carbons (Fsp3) is 0.0714. The van der Waals surface area contributed by atoms with Gasteiger partial charge in [0.25, 0.3) is 5.91 Å². The van der Waals surface area contributed by atoms with Crippen molar-refractivity contribution in [1.29, 1.82) is 0 Å². The lowest BCUT2D eigenvalue weighted by Crippen LogP contribution is -2.12. The molecule has 19 heavy (non-hydrogen) atoms. The summed E-state index contributed by atoms with van der Waals surface area (Å²) in [5, 5.41) is 2.76. The van der Waals surface area contributed by atoms with Crippen molar-refractivity contribution in [3.05, 3.63) is 48.0 Å². The maximum atomic E-state index is 12.0. The van der Waals surface area contributed by atoms with Gasteiger partial charge in [0, 0.05) is 23.0 Å². The maximum absolute atomic E-state index is 12.0. The van der Waals surface area contributed by atoms with E-state index in [2.05, 4.69) is 5.32 Å². The zero-order chi connectivity index (χ0) is 13.8. The molecule has 0 spiro atoms. The van der Waals surface area contributed by atoms with Crippen LogP contribution in [-0.4, -0.2) is 13.0 Å². The van der Waals surface area contributed by atoms with Gasteiger partial charge in [-0.15, -0.1) is 0 Å². The number of nitrogens with one attached hydrogen (secondary N) is 1. The zero-order valence-electron chi connectivity index (χ0n) is 10.5. The van der Waals surface area contributed by atoms with E-state index in [0.717, 1.165) is 0 Å². The Kier molecular flexibility index (Phi) is 3.56. The van der Waals surface area contributed by atoms with Gasteiger partial charge in [-0.05, 0) is 36.4 Å². The minimum atomic E-state index is -0.233. The van der Waals surface area contributed by atoms with E-state index in [-0.39, 0.29) is 5.91 Å². The molecular formula is C14H15N3O2. The second kappa shape index (κ2) is 5.30. The average Bonchev–Trinajstić information content (AvgIpc) is 2.41. The zero-order valence-corrected chi connectivity index (χ0v) is 10.5. The van der Waals surface area contributed by atoms with E-state index in [0.29, 0.717) is 28.4 Å². The van der Waals surface area contributed by atoms with Gasteiger partial charge in [-0.3, -0.25) is 4.79 Å². The fourth-order valence-electron chi connectivity index (χ4n) is 1.64. The monoisotopic (exact) mass is 257 g/mol. The van der Waals surface area contributed by atoms with E-state index < -0.39 is 0 Å². The van der Waals surface area contributed by atoms with Crippen molar-refractivity contribution >= 4 is 23.0 Å². The van der Waals surface area contributed by atoms with Gasteiger partial charge in [-0.25, -0.2) is 0 Å². The lowest BCUT2D eigenvalue weighted by atomic mass is 10.2. The van der Waals surface area contributed by atoms with Crippen LogP contribution in [-0.2, 0) is 0 Å². The quantitative estimate of drug-likeness (QED) is 0.734. The predicted molar refractivity (Wildman–Crippen MR) is 76.2 cm³/mol. The Bertz CT molecular complexity index is 594. The summed E-state index contributed by atoms with van der Waals surface area (Å²) in [6.07, 6.45) is 0. The molecule has 0 atom stereocenters. The highest BCUT2D eigenvalue weighted by molar-refractivity contribution is 6.05. The summed E-state index contributed by atoms with van der Waals surface area (Å²) < 4.78 is 5.17. The normalized spacial score (nSPS) is 9.95. The van der Waals surface area contributed by atoms with Crippen molar-refractivity contribution in [2.75, 3.05) is 23.9 Å². The number of carbonyl (C=O) groups is 1. The van der Waals surface area contributed by atoms with Gasteiger partial charge < -0.3 is 21.5 Å². The molecule has 98 valence electrons. The largest absolute Gasteiger partial charge is 0.494 e. The molecule has 5 heteroatoms. The standard InChI is InChI=1S/C14H15N3O2/c1-19-13-8-11(16)6-7-12(13)17-14(18)9-2-4-10(15)5-3-9/h2-8H,15-16H2,1H3,(H,17,18). The van der Waals surface area contributed by atoms with Crippen molar-refractivity contribution in [3.63, 3.8) is 0 Å². The number of methoxy groups -OCH3 is 1. The van der Waals surface area contributed by atoms with Crippen molar-refractivity contribution in [1.82, 2.24) is 0 Å². The van der Waals surface area contributed by atoms with Crippen LogP contribution < -0.4 is 21.5 Å². The Morgan fingerprint density at radius 3 is 2.32 bits per heavy atom. The Balaban J connectivity index is 2.21. The van der Waals surface area contributed by atoms with Crippen LogP contribution in [0.1, 0.15) is 10.4 Å². The molecule has 1 amide bonds. The van der Waals surface area contributed by atoms with Crippen LogP contribution in [0.15, 0.2) is 42.5 Å². The molecule has 5 nitrogen and oxygen atoms in total. The van der Waals surface area contributed by atoms with Gasteiger partial charge in [0.2, 0.25) is 0 Å². The predicted octanol–water partition coefficient (Wildman–Crippen LogP) is 2.11. The molecule has 0 aliphatic rings. The number of hydrogen-bond donors (Lipinski definition) is 3. The fourth-order valence-corrected chi connectivity index (χ4v) is 1.64. The first kappa shape index (κ1) is 12.8. The van der Waals surface area contributed by atoms with Crippen LogP contribution in [0, 0.1) is 0 Å². The molecular weight excluding hydrogens is 242 g/mol. The van der Waals surface area contributed by atoms with E-state index in [1.165, 1.54) is 7.11 Å². The molecule has 0 radical (unpaired) electrons. The highest BCUT2D eigenvalue weighted by Gasteiger charge is 2.09. The SMILES string of the molecule is COc1cc(N)ccc1NC(=O)c1ccc(N)cc1. The van der Waals surface area contributed by atoms with Gasteiger partial charge >= 0.3 is 0 Å². The number of nitrogen functional groups attached to an aromatic ring is 2. The van der Waals surface area contributed by atoms with E-state index in [1.807, 2.05) is 0 Å². The molecule has 0 bridgehead atoms. The molecule has 0 unspecified atom stereocenters. The third kappa shape index (κ3) is 2.95. The molecule has 0 aliphatic carbocycles. The summed E-state index contributed by atoms with van der Waals surface area (Å²) in [6, 6.07) is 11.7. The number of carbonyl (C=O) groups excluding carboxylic acids is 1. The summed E-state index contributed by atoms with van der Waals surface area (Å²) >= 11 is 0. The number of rotatable bonds is 3. The maximum Gasteiger partial charge on any atom is 0.255 e. The molecule has 2 aromatic carbocycles. The highest BCUT2D eigenvalue weighted by atomic mass is 16.5. The first-order chi connectivity index (χ1) is 9.10. The lowest BCUT2D eigenvalue weighted by Gasteiger charge is -2.10. The number of anilines is 3. The van der Waals surface area contributed by atoms with Gasteiger partial charge in [0.15, 0.2) is 0 Å². The summed E-state index contributed by atoms with van der Waals surface area (Å²) in [4.78, 5) is 12.0. The molecule has 0 fully saturated rings. The Morgan fingerprint density at radius 1 is 1.05 bits per heavy atom. The van der Waals surface area contributed by atoms with Gasteiger partial charge in [-0.1, -0.05) is 0 Å². The second-order valence-electron chi connectivity index (χ2n) is 4.04. The van der Waals surface area contributed by atoms with Crippen molar-refractivity contribution < 1.29 is 9.53 Å². The molecule has 5 N–H and O–H groups in total. The summed E-state index contributed by atoms with van der Waals surface area (Å²) in [7, 11) is 1.52. The summed E-state index contributed by atoms with van der Waals surface area (Å²) in [5.41, 5.74) is 13.5. The smallest absolute Gasteiger partial charge is 0.255 e. The molecule has 2 aromatic rings.